The molecule has 1 aromatic rings. The number of hydrogen-bond donors (Lipinski definition) is 1. The van der Waals surface area contributed by atoms with Crippen LogP contribution in [0.5, 0.6) is 5.75 Å². The summed E-state index contributed by atoms with van der Waals surface area (Å²) < 4.78 is 5.82. The Kier molecular flexibility index (Phi) is 7.49. The summed E-state index contributed by atoms with van der Waals surface area (Å²) >= 11 is 4.98. The number of aryl methyl sites for hydroxylation is 1. The van der Waals surface area contributed by atoms with Crippen LogP contribution in [0, 0.1) is 6.92 Å². The quantitative estimate of drug-likeness (QED) is 0.538. The molecule has 1 aromatic carbocycles. The van der Waals surface area contributed by atoms with E-state index in [1.165, 1.54) is 32.1 Å². The van der Waals surface area contributed by atoms with Gasteiger partial charge in [-0.3, -0.25) is 0 Å². The van der Waals surface area contributed by atoms with Crippen LogP contribution in [0.3, 0.4) is 0 Å². The monoisotopic (exact) mass is 279 g/mol. The largest absolute Gasteiger partial charge is 0.493 e. The number of nitrogens with two attached hydrogens (primary N) is 1. The van der Waals surface area contributed by atoms with E-state index in [9.17, 15) is 0 Å². The van der Waals surface area contributed by atoms with Crippen molar-refractivity contribution in [3.05, 3.63) is 29.3 Å². The Hall–Kier alpha value is -1.09. The van der Waals surface area contributed by atoms with E-state index in [1.807, 2.05) is 25.1 Å². The van der Waals surface area contributed by atoms with Gasteiger partial charge in [0.05, 0.1) is 6.61 Å². The molecule has 0 spiro atoms. The van der Waals surface area contributed by atoms with E-state index in [2.05, 4.69) is 6.92 Å². The topological polar surface area (TPSA) is 35.2 Å². The highest BCUT2D eigenvalue weighted by Gasteiger charge is 2.03. The van der Waals surface area contributed by atoms with E-state index >= 15 is 0 Å². The zero-order valence-electron chi connectivity index (χ0n) is 12.1. The van der Waals surface area contributed by atoms with Crippen LogP contribution in [0.2, 0.25) is 0 Å². The van der Waals surface area contributed by atoms with E-state index in [0.717, 1.165) is 29.9 Å². The van der Waals surface area contributed by atoms with Gasteiger partial charge in [0.15, 0.2) is 0 Å². The average Bonchev–Trinajstić information content (AvgIpc) is 2.39. The maximum Gasteiger partial charge on any atom is 0.122 e. The van der Waals surface area contributed by atoms with Crippen molar-refractivity contribution in [3.8, 4) is 5.75 Å². The first-order valence-corrected chi connectivity index (χ1v) is 7.59. The molecule has 0 amide bonds. The fourth-order valence-electron chi connectivity index (χ4n) is 1.97. The third kappa shape index (κ3) is 6.06. The minimum Gasteiger partial charge on any atom is -0.493 e. The summed E-state index contributed by atoms with van der Waals surface area (Å²) in [5.74, 6) is 0.902. The van der Waals surface area contributed by atoms with E-state index < -0.39 is 0 Å². The molecule has 1 rings (SSSR count). The second-order valence-electron chi connectivity index (χ2n) is 4.96. The Morgan fingerprint density at radius 2 is 1.84 bits per heavy atom. The van der Waals surface area contributed by atoms with Crippen molar-refractivity contribution in [2.24, 2.45) is 5.73 Å². The molecule has 0 unspecified atom stereocenters. The molecule has 0 aromatic heterocycles. The lowest BCUT2D eigenvalue weighted by atomic mass is 10.1. The highest BCUT2D eigenvalue weighted by atomic mass is 32.1. The first-order chi connectivity index (χ1) is 9.15. The Bertz CT molecular complexity index is 404. The summed E-state index contributed by atoms with van der Waals surface area (Å²) in [5.41, 5.74) is 7.64. The third-order valence-corrected chi connectivity index (χ3v) is 3.46. The summed E-state index contributed by atoms with van der Waals surface area (Å²) in [6.45, 7) is 5.05. The number of benzene rings is 1. The average molecular weight is 279 g/mol. The molecule has 19 heavy (non-hydrogen) atoms. The molecule has 0 aliphatic heterocycles. The Balaban J connectivity index is 2.32. The number of ether oxygens (including phenoxy) is 1. The van der Waals surface area contributed by atoms with E-state index in [0.29, 0.717) is 4.99 Å². The van der Waals surface area contributed by atoms with Gasteiger partial charge < -0.3 is 10.5 Å². The molecule has 0 aliphatic rings. The standard InChI is InChI=1S/C16H25NOS/c1-3-4-5-6-7-8-11-18-15-12-14(16(17)19)10-9-13(15)2/h9-10,12H,3-8,11H2,1-2H3,(H2,17,19). The van der Waals surface area contributed by atoms with Gasteiger partial charge >= 0.3 is 0 Å². The van der Waals surface area contributed by atoms with Crippen molar-refractivity contribution in [1.29, 1.82) is 0 Å². The van der Waals surface area contributed by atoms with Crippen molar-refractivity contribution in [2.45, 2.75) is 52.4 Å². The lowest BCUT2D eigenvalue weighted by molar-refractivity contribution is 0.302. The summed E-state index contributed by atoms with van der Waals surface area (Å²) in [6.07, 6.45) is 7.64. The van der Waals surface area contributed by atoms with Crippen molar-refractivity contribution < 1.29 is 4.74 Å². The van der Waals surface area contributed by atoms with Crippen molar-refractivity contribution in [1.82, 2.24) is 0 Å². The first-order valence-electron chi connectivity index (χ1n) is 7.18. The third-order valence-electron chi connectivity index (χ3n) is 3.23. The molecule has 0 saturated heterocycles. The molecule has 2 nitrogen and oxygen atoms in total. The maximum absolute atomic E-state index is 5.82. The number of rotatable bonds is 9. The van der Waals surface area contributed by atoms with Crippen LogP contribution in [0.15, 0.2) is 18.2 Å². The normalized spacial score (nSPS) is 10.4. The van der Waals surface area contributed by atoms with Crippen LogP contribution in [-0.4, -0.2) is 11.6 Å². The summed E-state index contributed by atoms with van der Waals surface area (Å²) in [5, 5.41) is 0. The Labute approximate surface area is 122 Å². The predicted octanol–water partition coefficient (Wildman–Crippen LogP) is 4.37. The molecule has 3 heteroatoms. The molecule has 106 valence electrons. The summed E-state index contributed by atoms with van der Waals surface area (Å²) in [4.78, 5) is 0.421. The van der Waals surface area contributed by atoms with Gasteiger partial charge in [0.1, 0.15) is 10.7 Å². The number of thiocarbonyl (C=S) groups is 1. The lowest BCUT2D eigenvalue weighted by Crippen LogP contribution is -2.10. The minimum atomic E-state index is 0.421. The molecular weight excluding hydrogens is 254 g/mol. The van der Waals surface area contributed by atoms with E-state index in [4.69, 9.17) is 22.7 Å². The van der Waals surface area contributed by atoms with Gasteiger partial charge in [0.2, 0.25) is 0 Å². The zero-order valence-corrected chi connectivity index (χ0v) is 12.9. The minimum absolute atomic E-state index is 0.421. The highest BCUT2D eigenvalue weighted by molar-refractivity contribution is 7.80. The molecule has 0 saturated carbocycles. The first kappa shape index (κ1) is 16.0. The van der Waals surface area contributed by atoms with Crippen molar-refractivity contribution >= 4 is 17.2 Å². The van der Waals surface area contributed by atoms with Crippen molar-refractivity contribution in [3.63, 3.8) is 0 Å². The van der Waals surface area contributed by atoms with Gasteiger partial charge in [-0.25, -0.2) is 0 Å². The van der Waals surface area contributed by atoms with Crippen LogP contribution >= 0.6 is 12.2 Å². The van der Waals surface area contributed by atoms with Gasteiger partial charge in [-0.1, -0.05) is 63.4 Å². The van der Waals surface area contributed by atoms with Crippen LogP contribution in [0.1, 0.15) is 56.6 Å². The Morgan fingerprint density at radius 1 is 1.16 bits per heavy atom. The Morgan fingerprint density at radius 3 is 2.53 bits per heavy atom. The van der Waals surface area contributed by atoms with Crippen LogP contribution < -0.4 is 10.5 Å². The summed E-state index contributed by atoms with van der Waals surface area (Å²) in [7, 11) is 0. The highest BCUT2D eigenvalue weighted by Crippen LogP contribution is 2.20. The smallest absolute Gasteiger partial charge is 0.122 e. The lowest BCUT2D eigenvalue weighted by Gasteiger charge is -2.10. The molecule has 0 radical (unpaired) electrons. The predicted molar refractivity (Wildman–Crippen MR) is 85.9 cm³/mol. The van der Waals surface area contributed by atoms with Gasteiger partial charge in [-0.05, 0) is 25.0 Å². The summed E-state index contributed by atoms with van der Waals surface area (Å²) in [6, 6.07) is 5.88. The fourth-order valence-corrected chi connectivity index (χ4v) is 2.10. The van der Waals surface area contributed by atoms with Crippen molar-refractivity contribution in [2.75, 3.05) is 6.61 Å². The molecular formula is C16H25NOS. The van der Waals surface area contributed by atoms with Crippen LogP contribution in [0.25, 0.3) is 0 Å². The molecule has 2 N–H and O–H groups in total. The fraction of sp³-hybridized carbons (Fsp3) is 0.562. The molecule has 0 heterocycles. The molecule has 0 fully saturated rings. The van der Waals surface area contributed by atoms with Gasteiger partial charge in [-0.2, -0.15) is 0 Å². The van der Waals surface area contributed by atoms with Gasteiger partial charge in [0.25, 0.3) is 0 Å². The van der Waals surface area contributed by atoms with Crippen LogP contribution in [0.4, 0.5) is 0 Å². The molecule has 0 aliphatic carbocycles. The van der Waals surface area contributed by atoms with E-state index in [1.54, 1.807) is 0 Å². The maximum atomic E-state index is 5.82. The van der Waals surface area contributed by atoms with Crippen LogP contribution in [-0.2, 0) is 0 Å². The van der Waals surface area contributed by atoms with Gasteiger partial charge in [-0.15, -0.1) is 0 Å². The molecule has 0 bridgehead atoms. The molecule has 0 atom stereocenters. The number of unbranched alkanes of at least 4 members (excludes halogenated alkanes) is 5. The zero-order chi connectivity index (χ0) is 14.1. The number of hydrogen-bond acceptors (Lipinski definition) is 2. The van der Waals surface area contributed by atoms with E-state index in [-0.39, 0.29) is 0 Å². The van der Waals surface area contributed by atoms with Gasteiger partial charge in [0, 0.05) is 5.56 Å². The second-order valence-corrected chi connectivity index (χ2v) is 5.40. The SMILES string of the molecule is CCCCCCCCOc1cc(C(N)=S)ccc1C. The second kappa shape index (κ2) is 8.92.